The van der Waals surface area contributed by atoms with Crippen LogP contribution in [0, 0.1) is 0 Å². The molecule has 1 fully saturated rings. The maximum Gasteiger partial charge on any atom is 0.248 e. The van der Waals surface area contributed by atoms with Crippen LogP contribution in [-0.4, -0.2) is 38.8 Å². The number of nitrogens with one attached hydrogen (secondary N) is 2. The Morgan fingerprint density at radius 3 is 2.69 bits per heavy atom. The second-order valence-electron chi connectivity index (χ2n) is 8.10. The van der Waals surface area contributed by atoms with Gasteiger partial charge in [-0.2, -0.15) is 0 Å². The Kier molecular flexibility index (Phi) is 5.63. The molecule has 2 amide bonds. The maximum atomic E-state index is 13.5. The van der Waals surface area contributed by atoms with Gasteiger partial charge < -0.3 is 15.2 Å². The molecule has 2 N–H and O–H groups in total. The number of benzene rings is 1. The van der Waals surface area contributed by atoms with Crippen LogP contribution in [0.4, 0.5) is 0 Å². The lowest BCUT2D eigenvalue weighted by Crippen LogP contribution is -2.59. The molecule has 0 radical (unpaired) electrons. The van der Waals surface area contributed by atoms with Crippen LogP contribution in [0.5, 0.6) is 0 Å². The smallest absolute Gasteiger partial charge is 0.248 e. The van der Waals surface area contributed by atoms with Gasteiger partial charge in [-0.3, -0.25) is 9.59 Å². The Morgan fingerprint density at radius 1 is 1.28 bits per heavy atom. The van der Waals surface area contributed by atoms with E-state index in [0.717, 1.165) is 36.2 Å². The molecule has 154 valence electrons. The molecule has 1 saturated carbocycles. The number of carbonyl (C=O) groups is 2. The molecule has 1 atom stereocenters. The van der Waals surface area contributed by atoms with Crippen molar-refractivity contribution in [3.8, 4) is 0 Å². The van der Waals surface area contributed by atoms with Crippen molar-refractivity contribution in [2.75, 3.05) is 6.54 Å². The zero-order valence-corrected chi connectivity index (χ0v) is 17.5. The molecule has 1 aromatic carbocycles. The first-order valence-electron chi connectivity index (χ1n) is 10.4. The highest BCUT2D eigenvalue weighted by atomic mass is 35.5. The molecule has 2 aromatic rings. The number of carbonyl (C=O) groups excluding carboxylic acids is 2. The maximum absolute atomic E-state index is 13.5. The molecule has 1 unspecified atom stereocenters. The largest absolute Gasteiger partial charge is 0.347 e. The van der Waals surface area contributed by atoms with Gasteiger partial charge in [0.15, 0.2) is 0 Å². The number of rotatable bonds is 5. The standard InChI is InChI=1S/C22H27ClN4O2/c1-2-17(15-5-7-16(23)8-6-15)20(28)26-22(10-3-4-11-22)21(29)27-12-9-18-19(13-27)25-14-24-18/h5-8,14,17H,2-4,9-13H2,1H3,(H,24,25)(H,26,28). The number of imidazole rings is 1. The SMILES string of the molecule is CCC(C(=O)NC1(C(=O)N2CCc3nc[nH]c3C2)CCCC1)c1ccc(Cl)cc1. The molecule has 4 rings (SSSR count). The first-order valence-corrected chi connectivity index (χ1v) is 10.8. The predicted octanol–water partition coefficient (Wildman–Crippen LogP) is 3.57. The van der Waals surface area contributed by atoms with Gasteiger partial charge >= 0.3 is 0 Å². The third-order valence-electron chi connectivity index (χ3n) is 6.29. The lowest BCUT2D eigenvalue weighted by Gasteiger charge is -2.37. The van der Waals surface area contributed by atoms with Crippen LogP contribution in [0.25, 0.3) is 0 Å². The van der Waals surface area contributed by atoms with Crippen molar-refractivity contribution in [1.82, 2.24) is 20.2 Å². The molecule has 2 aliphatic rings. The Bertz CT molecular complexity index is 886. The number of aromatic nitrogens is 2. The van der Waals surface area contributed by atoms with Gasteiger partial charge in [-0.15, -0.1) is 0 Å². The number of aromatic amines is 1. The van der Waals surface area contributed by atoms with E-state index in [2.05, 4.69) is 15.3 Å². The Labute approximate surface area is 176 Å². The van der Waals surface area contributed by atoms with Crippen LogP contribution in [-0.2, 0) is 22.6 Å². The molecule has 1 aromatic heterocycles. The topological polar surface area (TPSA) is 78.1 Å². The van der Waals surface area contributed by atoms with Gasteiger partial charge in [0.2, 0.25) is 11.8 Å². The molecule has 0 saturated heterocycles. The van der Waals surface area contributed by atoms with Crippen molar-refractivity contribution in [3.63, 3.8) is 0 Å². The van der Waals surface area contributed by atoms with Gasteiger partial charge in [-0.25, -0.2) is 4.98 Å². The van der Waals surface area contributed by atoms with Crippen LogP contribution in [0.1, 0.15) is 61.9 Å². The summed E-state index contributed by atoms with van der Waals surface area (Å²) in [5, 5.41) is 3.83. The number of halogens is 1. The Balaban J connectivity index is 1.52. The van der Waals surface area contributed by atoms with Crippen LogP contribution < -0.4 is 5.32 Å². The molecular weight excluding hydrogens is 388 g/mol. The van der Waals surface area contributed by atoms with E-state index >= 15 is 0 Å². The van der Waals surface area contributed by atoms with E-state index in [0.29, 0.717) is 37.4 Å². The third kappa shape index (κ3) is 3.90. The lowest BCUT2D eigenvalue weighted by atomic mass is 9.90. The Hall–Kier alpha value is -2.34. The summed E-state index contributed by atoms with van der Waals surface area (Å²) in [4.78, 5) is 36.1. The van der Waals surface area contributed by atoms with Gasteiger partial charge in [0.25, 0.3) is 0 Å². The minimum atomic E-state index is -0.797. The van der Waals surface area contributed by atoms with Crippen molar-refractivity contribution in [2.24, 2.45) is 0 Å². The summed E-state index contributed by atoms with van der Waals surface area (Å²) in [6, 6.07) is 7.39. The predicted molar refractivity (Wildman–Crippen MR) is 112 cm³/mol. The number of H-pyrrole nitrogens is 1. The highest BCUT2D eigenvalue weighted by Gasteiger charge is 2.46. The molecule has 0 spiro atoms. The lowest BCUT2D eigenvalue weighted by molar-refractivity contribution is -0.143. The monoisotopic (exact) mass is 414 g/mol. The fraction of sp³-hybridized carbons (Fsp3) is 0.500. The van der Waals surface area contributed by atoms with Crippen molar-refractivity contribution >= 4 is 23.4 Å². The number of nitrogens with zero attached hydrogens (tertiary/aromatic N) is 2. The van der Waals surface area contributed by atoms with Gasteiger partial charge in [0.05, 0.1) is 30.2 Å². The second-order valence-corrected chi connectivity index (χ2v) is 8.53. The summed E-state index contributed by atoms with van der Waals surface area (Å²) >= 11 is 6.00. The second kappa shape index (κ2) is 8.19. The average molecular weight is 415 g/mol. The fourth-order valence-corrected chi connectivity index (χ4v) is 4.78. The molecule has 7 heteroatoms. The first-order chi connectivity index (χ1) is 14.0. The molecule has 1 aliphatic heterocycles. The first kappa shape index (κ1) is 20.0. The summed E-state index contributed by atoms with van der Waals surface area (Å²) in [7, 11) is 0. The van der Waals surface area contributed by atoms with Gasteiger partial charge in [0, 0.05) is 18.0 Å². The van der Waals surface area contributed by atoms with Crippen molar-refractivity contribution in [2.45, 2.75) is 63.5 Å². The van der Waals surface area contributed by atoms with Gasteiger partial charge in [-0.05, 0) is 37.0 Å². The highest BCUT2D eigenvalue weighted by molar-refractivity contribution is 6.30. The third-order valence-corrected chi connectivity index (χ3v) is 6.54. The van der Waals surface area contributed by atoms with E-state index in [1.165, 1.54) is 0 Å². The summed E-state index contributed by atoms with van der Waals surface area (Å²) in [6.45, 7) is 3.16. The summed E-state index contributed by atoms with van der Waals surface area (Å²) in [5.74, 6) is -0.336. The summed E-state index contributed by atoms with van der Waals surface area (Å²) in [6.07, 6.45) is 6.39. The highest BCUT2D eigenvalue weighted by Crippen LogP contribution is 2.34. The zero-order valence-electron chi connectivity index (χ0n) is 16.7. The summed E-state index contributed by atoms with van der Waals surface area (Å²) < 4.78 is 0. The molecule has 0 bridgehead atoms. The van der Waals surface area contributed by atoms with E-state index in [1.54, 1.807) is 18.5 Å². The van der Waals surface area contributed by atoms with Crippen molar-refractivity contribution in [3.05, 3.63) is 52.6 Å². The number of fused-ring (bicyclic) bond motifs is 1. The van der Waals surface area contributed by atoms with Crippen molar-refractivity contribution < 1.29 is 9.59 Å². The molecule has 6 nitrogen and oxygen atoms in total. The molecular formula is C22H27ClN4O2. The van der Waals surface area contributed by atoms with E-state index in [-0.39, 0.29) is 17.7 Å². The van der Waals surface area contributed by atoms with E-state index in [1.807, 2.05) is 24.0 Å². The minimum Gasteiger partial charge on any atom is -0.347 e. The van der Waals surface area contributed by atoms with Crippen molar-refractivity contribution in [1.29, 1.82) is 0 Å². The van der Waals surface area contributed by atoms with Crippen LogP contribution in [0.3, 0.4) is 0 Å². The normalized spacial score (nSPS) is 18.9. The fourth-order valence-electron chi connectivity index (χ4n) is 4.65. The molecule has 1 aliphatic carbocycles. The minimum absolute atomic E-state index is 0.0366. The van der Waals surface area contributed by atoms with E-state index in [4.69, 9.17) is 11.6 Å². The number of hydrogen-bond donors (Lipinski definition) is 2. The van der Waals surface area contributed by atoms with Gasteiger partial charge in [0.1, 0.15) is 5.54 Å². The Morgan fingerprint density at radius 2 is 2.00 bits per heavy atom. The van der Waals surface area contributed by atoms with E-state index < -0.39 is 5.54 Å². The zero-order chi connectivity index (χ0) is 20.4. The van der Waals surface area contributed by atoms with Crippen LogP contribution >= 0.6 is 11.6 Å². The quantitative estimate of drug-likeness (QED) is 0.785. The summed E-state index contributed by atoms with van der Waals surface area (Å²) in [5.41, 5.74) is 2.16. The average Bonchev–Trinajstić information content (AvgIpc) is 3.39. The van der Waals surface area contributed by atoms with Crippen LogP contribution in [0.2, 0.25) is 5.02 Å². The molecule has 2 heterocycles. The number of amides is 2. The van der Waals surface area contributed by atoms with Crippen LogP contribution in [0.15, 0.2) is 30.6 Å². The molecule has 29 heavy (non-hydrogen) atoms. The van der Waals surface area contributed by atoms with E-state index in [9.17, 15) is 9.59 Å². The van der Waals surface area contributed by atoms with Gasteiger partial charge in [-0.1, -0.05) is 43.5 Å². The number of hydrogen-bond acceptors (Lipinski definition) is 3.